The summed E-state index contributed by atoms with van der Waals surface area (Å²) in [5.41, 5.74) is 2.63. The molecule has 2 aliphatic heterocycles. The molecule has 0 unspecified atom stereocenters. The standard InChI is InChI=1S/C19H17F3N6O2.C19H17N7O2/c20-19(21,22)16-10-24-11-17(26-16)28-7-5-14(27-28)18(29)25-13-3-1-12(2-4-13)15-9-23-6-8-30-15;20-9-15-10-23-18(12-22-15)26-7-5-16(25-26)19(27)24-14-3-1-13(2-4-14)17-11-21-6-8-28-17/h1-5,7,10-11,15,23H,6,8-9H2,(H,25,29);1-5,7,10,12,17,21H,6,8,11H2,(H,24,27)/t15-;17-/m11/s1. The fourth-order valence-corrected chi connectivity index (χ4v) is 5.76. The maximum Gasteiger partial charge on any atom is 0.434 e. The lowest BCUT2D eigenvalue weighted by atomic mass is 10.1. The molecule has 2 aliphatic rings. The molecule has 8 rings (SSSR count). The maximum atomic E-state index is 12.8. The van der Waals surface area contributed by atoms with Gasteiger partial charge in [0.15, 0.2) is 34.4 Å². The van der Waals surface area contributed by atoms with Crippen molar-refractivity contribution in [3.8, 4) is 17.7 Å². The molecule has 0 saturated carbocycles. The second kappa shape index (κ2) is 17.9. The molecule has 2 saturated heterocycles. The number of ether oxygens (including phenoxy) is 2. The second-order valence-corrected chi connectivity index (χ2v) is 12.7. The molecule has 58 heavy (non-hydrogen) atoms. The minimum Gasteiger partial charge on any atom is -0.371 e. The van der Waals surface area contributed by atoms with Crippen molar-refractivity contribution in [1.29, 1.82) is 5.26 Å². The molecule has 2 fully saturated rings. The topological polar surface area (TPSA) is 212 Å². The third-order valence-electron chi connectivity index (χ3n) is 8.71. The van der Waals surface area contributed by atoms with Crippen molar-refractivity contribution in [2.75, 3.05) is 50.0 Å². The summed E-state index contributed by atoms with van der Waals surface area (Å²) in [7, 11) is 0. The van der Waals surface area contributed by atoms with Crippen molar-refractivity contribution in [3.63, 3.8) is 0 Å². The maximum absolute atomic E-state index is 12.8. The highest BCUT2D eigenvalue weighted by atomic mass is 19.4. The Balaban J connectivity index is 0.000000177. The average molecular weight is 794 g/mol. The van der Waals surface area contributed by atoms with Crippen LogP contribution in [-0.4, -0.2) is 90.7 Å². The number of nitrogens with one attached hydrogen (secondary N) is 4. The number of nitrogens with zero attached hydrogens (tertiary/aromatic N) is 9. The van der Waals surface area contributed by atoms with Gasteiger partial charge in [-0.1, -0.05) is 24.3 Å². The first-order valence-corrected chi connectivity index (χ1v) is 17.8. The number of alkyl halides is 3. The Bertz CT molecular complexity index is 2370. The van der Waals surface area contributed by atoms with E-state index in [-0.39, 0.29) is 41.0 Å². The summed E-state index contributed by atoms with van der Waals surface area (Å²) in [6.45, 7) is 4.52. The smallest absolute Gasteiger partial charge is 0.371 e. The van der Waals surface area contributed by atoms with E-state index in [1.165, 1.54) is 29.3 Å². The van der Waals surface area contributed by atoms with Gasteiger partial charge in [0.25, 0.3) is 11.8 Å². The summed E-state index contributed by atoms with van der Waals surface area (Å²) in [5.74, 6) is -0.557. The summed E-state index contributed by atoms with van der Waals surface area (Å²) in [5, 5.41) is 29.0. The summed E-state index contributed by atoms with van der Waals surface area (Å²) in [6, 6.07) is 19.7. The van der Waals surface area contributed by atoms with Crippen LogP contribution in [0.3, 0.4) is 0 Å². The summed E-state index contributed by atoms with van der Waals surface area (Å²) in [4.78, 5) is 39.9. The number of carbonyl (C=O) groups excluding carboxylic acids is 2. The molecule has 296 valence electrons. The Hall–Kier alpha value is -6.92. The van der Waals surface area contributed by atoms with Gasteiger partial charge in [-0.15, -0.1) is 0 Å². The van der Waals surface area contributed by atoms with E-state index in [0.29, 0.717) is 36.6 Å². The number of amides is 2. The van der Waals surface area contributed by atoms with E-state index < -0.39 is 17.8 Å². The van der Waals surface area contributed by atoms with Crippen LogP contribution < -0.4 is 21.3 Å². The van der Waals surface area contributed by atoms with E-state index in [4.69, 9.17) is 14.7 Å². The van der Waals surface area contributed by atoms with Crippen molar-refractivity contribution >= 4 is 23.2 Å². The molecule has 4 N–H and O–H groups in total. The number of rotatable bonds is 8. The number of aromatic nitrogens is 8. The van der Waals surface area contributed by atoms with Crippen LogP contribution >= 0.6 is 0 Å². The van der Waals surface area contributed by atoms with Gasteiger partial charge < -0.3 is 30.7 Å². The number of carbonyl (C=O) groups is 2. The van der Waals surface area contributed by atoms with Crippen LogP contribution in [0, 0.1) is 11.3 Å². The van der Waals surface area contributed by atoms with E-state index in [1.807, 2.05) is 42.5 Å². The van der Waals surface area contributed by atoms with Crippen LogP contribution in [0.2, 0.25) is 0 Å². The highest BCUT2D eigenvalue weighted by Gasteiger charge is 2.33. The van der Waals surface area contributed by atoms with Crippen LogP contribution in [0.5, 0.6) is 0 Å². The van der Waals surface area contributed by atoms with E-state index in [0.717, 1.165) is 48.2 Å². The zero-order chi connectivity index (χ0) is 40.5. The van der Waals surface area contributed by atoms with E-state index in [1.54, 1.807) is 24.4 Å². The van der Waals surface area contributed by atoms with Gasteiger partial charge in [0.05, 0.1) is 50.2 Å². The molecule has 0 spiro atoms. The lowest BCUT2D eigenvalue weighted by Crippen LogP contribution is -2.33. The van der Waals surface area contributed by atoms with Crippen LogP contribution in [0.1, 0.15) is 55.7 Å². The number of hydrogen-bond donors (Lipinski definition) is 4. The molecule has 20 heteroatoms. The van der Waals surface area contributed by atoms with Gasteiger partial charge in [0, 0.05) is 49.9 Å². The van der Waals surface area contributed by atoms with Gasteiger partial charge >= 0.3 is 6.18 Å². The van der Waals surface area contributed by atoms with Crippen molar-refractivity contribution < 1.29 is 32.2 Å². The molecule has 0 aliphatic carbocycles. The Morgan fingerprint density at radius 1 is 0.724 bits per heavy atom. The fraction of sp³-hybridized carbons (Fsp3) is 0.237. The first-order valence-electron chi connectivity index (χ1n) is 17.8. The summed E-state index contributed by atoms with van der Waals surface area (Å²) in [6.07, 6.45) is 2.86. The molecule has 4 aromatic heterocycles. The fourth-order valence-electron chi connectivity index (χ4n) is 5.76. The van der Waals surface area contributed by atoms with Gasteiger partial charge in [0.2, 0.25) is 0 Å². The third kappa shape index (κ3) is 9.90. The Morgan fingerprint density at radius 2 is 1.26 bits per heavy atom. The highest BCUT2D eigenvalue weighted by molar-refractivity contribution is 6.03. The first kappa shape index (κ1) is 39.3. The molecule has 17 nitrogen and oxygen atoms in total. The van der Waals surface area contributed by atoms with E-state index >= 15 is 0 Å². The number of nitriles is 1. The SMILES string of the molecule is N#Cc1cnc(-n2ccc(C(=O)Nc3ccc([C@H]4CNCCO4)cc3)n2)cn1.O=C(Nc1ccc([C@H]2CNCCO2)cc1)c1ccn(-c2cncc(C(F)(F)F)n2)n1. The first-order chi connectivity index (χ1) is 28.1. The average Bonchev–Trinajstić information content (AvgIpc) is 3.97. The van der Waals surface area contributed by atoms with Gasteiger partial charge in [0.1, 0.15) is 6.07 Å². The molecule has 0 radical (unpaired) electrons. The third-order valence-corrected chi connectivity index (χ3v) is 8.71. The zero-order valence-electron chi connectivity index (χ0n) is 30.4. The monoisotopic (exact) mass is 793 g/mol. The van der Waals surface area contributed by atoms with E-state index in [2.05, 4.69) is 51.4 Å². The Labute approximate surface area is 328 Å². The largest absolute Gasteiger partial charge is 0.434 e. The number of morpholine rings is 2. The zero-order valence-corrected chi connectivity index (χ0v) is 30.4. The van der Waals surface area contributed by atoms with Crippen molar-refractivity contribution in [1.82, 2.24) is 50.1 Å². The van der Waals surface area contributed by atoms with Gasteiger partial charge in [-0.05, 0) is 47.5 Å². The molecule has 6 aromatic rings. The minimum absolute atomic E-state index is 0.0260. The molecule has 2 amide bonds. The Kier molecular flexibility index (Phi) is 12.1. The van der Waals surface area contributed by atoms with Gasteiger partial charge in [-0.2, -0.15) is 28.6 Å². The quantitative estimate of drug-likeness (QED) is 0.172. The van der Waals surface area contributed by atoms with Gasteiger partial charge in [-0.3, -0.25) is 14.6 Å². The van der Waals surface area contributed by atoms with Gasteiger partial charge in [-0.25, -0.2) is 24.3 Å². The number of hydrogen-bond acceptors (Lipinski definition) is 13. The van der Waals surface area contributed by atoms with Crippen LogP contribution in [0.15, 0.2) is 97.8 Å². The predicted octanol–water partition coefficient (Wildman–Crippen LogP) is 4.04. The molecule has 2 atom stereocenters. The van der Waals surface area contributed by atoms with Crippen LogP contribution in [0.4, 0.5) is 24.5 Å². The summed E-state index contributed by atoms with van der Waals surface area (Å²) < 4.78 is 52.3. The number of halogens is 3. The molecule has 0 bridgehead atoms. The number of benzene rings is 2. The lowest BCUT2D eigenvalue weighted by molar-refractivity contribution is -0.141. The van der Waals surface area contributed by atoms with Crippen LogP contribution in [0.25, 0.3) is 11.6 Å². The van der Waals surface area contributed by atoms with Crippen molar-refractivity contribution in [2.24, 2.45) is 0 Å². The molecular formula is C38H34F3N13O4. The number of anilines is 2. The molecule has 2 aromatic carbocycles. The highest BCUT2D eigenvalue weighted by Crippen LogP contribution is 2.27. The summed E-state index contributed by atoms with van der Waals surface area (Å²) >= 11 is 0. The Morgan fingerprint density at radius 3 is 1.71 bits per heavy atom. The molecular weight excluding hydrogens is 759 g/mol. The van der Waals surface area contributed by atoms with Crippen molar-refractivity contribution in [3.05, 3.63) is 132 Å². The second-order valence-electron chi connectivity index (χ2n) is 12.7. The lowest BCUT2D eigenvalue weighted by Gasteiger charge is -2.24. The van der Waals surface area contributed by atoms with Crippen molar-refractivity contribution in [2.45, 2.75) is 18.4 Å². The minimum atomic E-state index is -4.62. The predicted molar refractivity (Wildman–Crippen MR) is 200 cm³/mol. The van der Waals surface area contributed by atoms with Crippen LogP contribution in [-0.2, 0) is 15.7 Å². The normalized spacial score (nSPS) is 16.7. The van der Waals surface area contributed by atoms with E-state index in [9.17, 15) is 22.8 Å². The molecule has 6 heterocycles.